The van der Waals surface area contributed by atoms with E-state index in [4.69, 9.17) is 12.2 Å². The molecule has 0 fully saturated rings. The molecule has 0 amide bonds. The Kier molecular flexibility index (Phi) is 3.67. The summed E-state index contributed by atoms with van der Waals surface area (Å²) in [5.74, 6) is -0.437. The lowest BCUT2D eigenvalue weighted by Gasteiger charge is -2.10. The fraction of sp³-hybridized carbons (Fsp3) is 0.267. The van der Waals surface area contributed by atoms with Crippen LogP contribution in [0.15, 0.2) is 30.9 Å². The zero-order chi connectivity index (χ0) is 15.0. The number of imidazole rings is 1. The van der Waals surface area contributed by atoms with Crippen LogP contribution < -0.4 is 0 Å². The van der Waals surface area contributed by atoms with Gasteiger partial charge in [-0.2, -0.15) is 0 Å². The zero-order valence-corrected chi connectivity index (χ0v) is 12.0. The summed E-state index contributed by atoms with van der Waals surface area (Å²) in [7, 11) is 0. The molecule has 108 valence electrons. The summed E-state index contributed by atoms with van der Waals surface area (Å²) in [6, 6.07) is 3.45. The Hall–Kier alpha value is -1.89. The average molecular weight is 302 g/mol. The third kappa shape index (κ3) is 2.31. The van der Waals surface area contributed by atoms with Crippen LogP contribution in [0.25, 0.3) is 0 Å². The van der Waals surface area contributed by atoms with Crippen LogP contribution in [0, 0.1) is 5.92 Å². The van der Waals surface area contributed by atoms with Gasteiger partial charge in [-0.3, -0.25) is 9.36 Å². The SMILES string of the molecule is O=C1c2cc(CO)c(CO)cc2CC1C(=S)n1ccnc1. The van der Waals surface area contributed by atoms with Gasteiger partial charge in [0.25, 0.3) is 0 Å². The average Bonchev–Trinajstić information content (AvgIpc) is 3.14. The molecule has 1 atom stereocenters. The number of hydrogen-bond acceptors (Lipinski definition) is 5. The van der Waals surface area contributed by atoms with Gasteiger partial charge in [0.2, 0.25) is 0 Å². The molecule has 1 aromatic carbocycles. The minimum Gasteiger partial charge on any atom is -0.392 e. The molecule has 0 aliphatic heterocycles. The molecule has 1 heterocycles. The number of hydrogen-bond donors (Lipinski definition) is 2. The summed E-state index contributed by atoms with van der Waals surface area (Å²) < 4.78 is 1.67. The number of fused-ring (bicyclic) bond motifs is 1. The monoisotopic (exact) mass is 302 g/mol. The van der Waals surface area contributed by atoms with Gasteiger partial charge in [0.15, 0.2) is 5.78 Å². The molecule has 0 spiro atoms. The number of Topliss-reactive ketones (excluding diaryl/α,β-unsaturated/α-hetero) is 1. The van der Waals surface area contributed by atoms with E-state index < -0.39 is 5.92 Å². The van der Waals surface area contributed by atoms with Crippen molar-refractivity contribution < 1.29 is 15.0 Å². The van der Waals surface area contributed by atoms with Gasteiger partial charge in [0, 0.05) is 18.0 Å². The molecular formula is C15H14N2O3S. The number of aliphatic hydroxyl groups excluding tert-OH is 2. The van der Waals surface area contributed by atoms with E-state index in [1.165, 1.54) is 0 Å². The van der Waals surface area contributed by atoms with Crippen molar-refractivity contribution in [3.63, 3.8) is 0 Å². The molecule has 0 saturated carbocycles. The molecule has 0 saturated heterocycles. The second-order valence-electron chi connectivity index (χ2n) is 5.02. The Balaban J connectivity index is 1.97. The summed E-state index contributed by atoms with van der Waals surface area (Å²) in [5, 5.41) is 18.7. The topological polar surface area (TPSA) is 75.3 Å². The lowest BCUT2D eigenvalue weighted by atomic mass is 10.0. The molecule has 1 unspecified atom stereocenters. The van der Waals surface area contributed by atoms with Gasteiger partial charge in [0.05, 0.1) is 30.4 Å². The number of thiocarbonyl (C=S) groups is 1. The summed E-state index contributed by atoms with van der Waals surface area (Å²) >= 11 is 5.38. The van der Waals surface area contributed by atoms with Gasteiger partial charge in [0.1, 0.15) is 0 Å². The van der Waals surface area contributed by atoms with Crippen molar-refractivity contribution in [2.75, 3.05) is 0 Å². The molecular weight excluding hydrogens is 288 g/mol. The molecule has 1 aliphatic carbocycles. The Labute approximate surface area is 126 Å². The standard InChI is InChI=1S/C15H14N2O3S/c18-6-10-3-9-4-13(15(21)17-2-1-16-8-17)14(20)12(9)5-11(10)7-19/h1-3,5,8,13,18-19H,4,6-7H2. The van der Waals surface area contributed by atoms with E-state index in [0.29, 0.717) is 28.1 Å². The van der Waals surface area contributed by atoms with Crippen molar-refractivity contribution in [2.24, 2.45) is 5.92 Å². The zero-order valence-electron chi connectivity index (χ0n) is 11.2. The van der Waals surface area contributed by atoms with Crippen LogP contribution in [-0.4, -0.2) is 30.5 Å². The van der Waals surface area contributed by atoms with Crippen molar-refractivity contribution in [3.05, 3.63) is 53.1 Å². The Morgan fingerprint density at radius 3 is 2.67 bits per heavy atom. The molecule has 5 nitrogen and oxygen atoms in total. The molecule has 2 N–H and O–H groups in total. The first-order valence-electron chi connectivity index (χ1n) is 6.58. The predicted octanol–water partition coefficient (Wildman–Crippen LogP) is 1.10. The van der Waals surface area contributed by atoms with Gasteiger partial charge in [-0.1, -0.05) is 18.3 Å². The van der Waals surface area contributed by atoms with E-state index in [1.54, 1.807) is 35.4 Å². The van der Waals surface area contributed by atoms with Gasteiger partial charge in [-0.05, 0) is 29.2 Å². The molecule has 0 radical (unpaired) electrons. The summed E-state index contributed by atoms with van der Waals surface area (Å²) in [5.41, 5.74) is 2.69. The number of aliphatic hydroxyl groups is 2. The summed E-state index contributed by atoms with van der Waals surface area (Å²) in [6.07, 6.45) is 5.43. The Morgan fingerprint density at radius 2 is 2.05 bits per heavy atom. The largest absolute Gasteiger partial charge is 0.392 e. The van der Waals surface area contributed by atoms with Crippen LogP contribution in [0.3, 0.4) is 0 Å². The first-order chi connectivity index (χ1) is 10.2. The van der Waals surface area contributed by atoms with E-state index in [-0.39, 0.29) is 19.0 Å². The van der Waals surface area contributed by atoms with E-state index in [9.17, 15) is 15.0 Å². The van der Waals surface area contributed by atoms with Crippen LogP contribution in [0.5, 0.6) is 0 Å². The molecule has 0 bridgehead atoms. The van der Waals surface area contributed by atoms with Crippen LogP contribution in [0.4, 0.5) is 0 Å². The van der Waals surface area contributed by atoms with Crippen LogP contribution >= 0.6 is 12.2 Å². The van der Waals surface area contributed by atoms with E-state index in [1.807, 2.05) is 0 Å². The number of carbonyl (C=O) groups is 1. The van der Waals surface area contributed by atoms with Crippen molar-refractivity contribution in [2.45, 2.75) is 19.6 Å². The fourth-order valence-electron chi connectivity index (χ4n) is 2.70. The van der Waals surface area contributed by atoms with Crippen molar-refractivity contribution >= 4 is 23.0 Å². The maximum atomic E-state index is 12.5. The number of aromatic nitrogens is 2. The van der Waals surface area contributed by atoms with Crippen LogP contribution in [0.2, 0.25) is 0 Å². The molecule has 3 rings (SSSR count). The number of ketones is 1. The maximum absolute atomic E-state index is 12.5. The Morgan fingerprint density at radius 1 is 1.33 bits per heavy atom. The van der Waals surface area contributed by atoms with Crippen LogP contribution in [-0.2, 0) is 19.6 Å². The van der Waals surface area contributed by atoms with Crippen molar-refractivity contribution in [3.8, 4) is 0 Å². The lowest BCUT2D eigenvalue weighted by molar-refractivity contribution is 0.0968. The van der Waals surface area contributed by atoms with E-state index >= 15 is 0 Å². The van der Waals surface area contributed by atoms with Gasteiger partial charge in [-0.25, -0.2) is 4.98 Å². The number of rotatable bonds is 3. The third-order valence-corrected chi connectivity index (χ3v) is 4.32. The third-order valence-electron chi connectivity index (χ3n) is 3.83. The highest BCUT2D eigenvalue weighted by Gasteiger charge is 2.34. The predicted molar refractivity (Wildman–Crippen MR) is 80.0 cm³/mol. The molecule has 1 aliphatic rings. The first kappa shape index (κ1) is 14.1. The first-order valence-corrected chi connectivity index (χ1v) is 6.99. The highest BCUT2D eigenvalue weighted by atomic mass is 32.1. The second-order valence-corrected chi connectivity index (χ2v) is 5.44. The Bertz CT molecular complexity index is 710. The minimum atomic E-state index is -0.398. The molecule has 2 aromatic rings. The van der Waals surface area contributed by atoms with E-state index in [0.717, 1.165) is 5.56 Å². The van der Waals surface area contributed by atoms with Gasteiger partial charge in [-0.15, -0.1) is 0 Å². The van der Waals surface area contributed by atoms with Crippen molar-refractivity contribution in [1.82, 2.24) is 9.55 Å². The van der Waals surface area contributed by atoms with Gasteiger partial charge < -0.3 is 10.2 Å². The van der Waals surface area contributed by atoms with Gasteiger partial charge >= 0.3 is 0 Å². The smallest absolute Gasteiger partial charge is 0.173 e. The maximum Gasteiger partial charge on any atom is 0.173 e. The molecule has 6 heteroatoms. The summed E-state index contributed by atoms with van der Waals surface area (Å²) in [6.45, 7) is -0.360. The van der Waals surface area contributed by atoms with Crippen molar-refractivity contribution in [1.29, 1.82) is 0 Å². The number of nitrogens with zero attached hydrogens (tertiary/aromatic N) is 2. The summed E-state index contributed by atoms with van der Waals surface area (Å²) in [4.78, 5) is 17.0. The van der Waals surface area contributed by atoms with E-state index in [2.05, 4.69) is 4.98 Å². The highest BCUT2D eigenvalue weighted by molar-refractivity contribution is 7.80. The highest BCUT2D eigenvalue weighted by Crippen LogP contribution is 2.31. The lowest BCUT2D eigenvalue weighted by Crippen LogP contribution is -2.24. The second kappa shape index (κ2) is 5.48. The quantitative estimate of drug-likeness (QED) is 0.830. The normalized spacial score (nSPS) is 17.0. The minimum absolute atomic E-state index is 0.0390. The number of carbonyl (C=O) groups excluding carboxylic acids is 1. The molecule has 21 heavy (non-hydrogen) atoms. The molecule has 1 aromatic heterocycles. The fourth-order valence-corrected chi connectivity index (χ4v) is 3.00. The number of benzene rings is 1. The van der Waals surface area contributed by atoms with Crippen LogP contribution in [0.1, 0.15) is 27.0 Å².